The molecule has 0 radical (unpaired) electrons. The zero-order valence-electron chi connectivity index (χ0n) is 21.1. The highest BCUT2D eigenvalue weighted by Crippen LogP contribution is 2.42. The third kappa shape index (κ3) is 4.53. The van der Waals surface area contributed by atoms with Crippen molar-refractivity contribution in [3.63, 3.8) is 0 Å². The molecule has 1 aliphatic heterocycles. The lowest BCUT2D eigenvalue weighted by Gasteiger charge is -2.43. The van der Waals surface area contributed by atoms with Gasteiger partial charge >= 0.3 is 6.71 Å². The molecule has 1 aliphatic carbocycles. The van der Waals surface area contributed by atoms with Crippen molar-refractivity contribution in [2.45, 2.75) is 78.1 Å². The van der Waals surface area contributed by atoms with E-state index in [0.29, 0.717) is 11.8 Å². The van der Waals surface area contributed by atoms with Gasteiger partial charge in [0.15, 0.2) is 0 Å². The molecule has 1 saturated carbocycles. The molecule has 2 aromatic carbocycles. The number of hydrogen-bond donors (Lipinski definition) is 0. The number of benzene rings is 2. The topological polar surface area (TPSA) is 27.7 Å². The number of hydrogen-bond acceptors (Lipinski definition) is 3. The van der Waals surface area contributed by atoms with Crippen LogP contribution in [0.25, 0.3) is 0 Å². The summed E-state index contributed by atoms with van der Waals surface area (Å²) in [5, 5.41) is 2.38. The van der Waals surface area contributed by atoms with E-state index in [9.17, 15) is 0 Å². The molecule has 1 heterocycles. The largest absolute Gasteiger partial charge is 0.479 e. The van der Waals surface area contributed by atoms with Crippen molar-refractivity contribution in [2.75, 3.05) is 0 Å². The monoisotopic (exact) mass is 462 g/mol. The summed E-state index contributed by atoms with van der Waals surface area (Å²) in [6.45, 7) is 16.9. The minimum atomic E-state index is -2.98. The van der Waals surface area contributed by atoms with E-state index in [1.54, 1.807) is 0 Å². The maximum atomic E-state index is 7.49. The predicted molar refractivity (Wildman–Crippen MR) is 140 cm³/mol. The molecular weight excluding hydrogens is 423 g/mol. The van der Waals surface area contributed by atoms with Crippen LogP contribution in [-0.2, 0) is 13.7 Å². The highest BCUT2D eigenvalue weighted by molar-refractivity contribution is 7.37. The fraction of sp³-hybridized carbons (Fsp3) is 0.500. The Morgan fingerprint density at radius 3 is 1.85 bits per heavy atom. The van der Waals surface area contributed by atoms with E-state index in [1.807, 2.05) is 0 Å². The predicted octanol–water partition coefficient (Wildman–Crippen LogP) is 5.31. The Morgan fingerprint density at radius 2 is 1.39 bits per heavy atom. The van der Waals surface area contributed by atoms with Crippen molar-refractivity contribution in [1.29, 1.82) is 0 Å². The highest BCUT2D eigenvalue weighted by atomic mass is 28.3. The Kier molecular flexibility index (Phi) is 6.81. The average molecular weight is 463 g/mol. The van der Waals surface area contributed by atoms with Gasteiger partial charge in [0.25, 0.3) is 8.19 Å². The highest BCUT2D eigenvalue weighted by Gasteiger charge is 2.65. The van der Waals surface area contributed by atoms with Crippen LogP contribution in [0.1, 0.15) is 60.8 Å². The van der Waals surface area contributed by atoms with Crippen molar-refractivity contribution in [2.24, 2.45) is 11.8 Å². The van der Waals surface area contributed by atoms with Crippen molar-refractivity contribution in [3.05, 3.63) is 72.8 Å². The maximum Gasteiger partial charge on any atom is 0.479 e. The van der Waals surface area contributed by atoms with Gasteiger partial charge in [0, 0.05) is 5.92 Å². The van der Waals surface area contributed by atoms with Crippen LogP contribution < -0.4 is 10.4 Å². The van der Waals surface area contributed by atoms with Crippen LogP contribution in [0.15, 0.2) is 72.8 Å². The van der Waals surface area contributed by atoms with Crippen LogP contribution in [0.5, 0.6) is 0 Å². The van der Waals surface area contributed by atoms with Gasteiger partial charge in [-0.15, -0.1) is 0 Å². The lowest BCUT2D eigenvalue weighted by Crippen LogP contribution is -2.73. The van der Waals surface area contributed by atoms with Crippen LogP contribution >= 0.6 is 0 Å². The summed E-state index contributed by atoms with van der Waals surface area (Å²) in [7, 11) is -2.98. The molecule has 176 valence electrons. The van der Waals surface area contributed by atoms with Gasteiger partial charge in [0.1, 0.15) is 0 Å². The summed E-state index contributed by atoms with van der Waals surface area (Å²) in [4.78, 5) is 0. The molecule has 33 heavy (non-hydrogen) atoms. The lowest BCUT2D eigenvalue weighted by molar-refractivity contribution is 0.00578. The summed E-state index contributed by atoms with van der Waals surface area (Å²) in [6.07, 6.45) is 3.47. The molecule has 0 spiro atoms. The smallest absolute Gasteiger partial charge is 0.405 e. The minimum Gasteiger partial charge on any atom is -0.405 e. The third-order valence-electron chi connectivity index (χ3n) is 8.01. The Bertz CT molecular complexity index is 904. The van der Waals surface area contributed by atoms with E-state index in [1.165, 1.54) is 22.4 Å². The fourth-order valence-electron chi connectivity index (χ4n) is 5.27. The van der Waals surface area contributed by atoms with Gasteiger partial charge in [0.2, 0.25) is 0 Å². The van der Waals surface area contributed by atoms with Gasteiger partial charge in [-0.3, -0.25) is 0 Å². The van der Waals surface area contributed by atoms with Gasteiger partial charge in [0.05, 0.1) is 17.3 Å². The zero-order chi connectivity index (χ0) is 23.9. The Balaban J connectivity index is 1.90. The fourth-order valence-corrected chi connectivity index (χ4v) is 9.57. The Hall–Kier alpha value is -1.66. The SMILES string of the molecule is C=C(C)[C@@H]1CC[C@@H](C)C[C@H]1O[Si](B1OC(C)(C)C(C)(C)O1)(c1ccccc1)c1ccccc1. The maximum absolute atomic E-state index is 7.49. The zero-order valence-corrected chi connectivity index (χ0v) is 22.1. The molecule has 3 atom stereocenters. The van der Waals surface area contributed by atoms with Gasteiger partial charge in [-0.2, -0.15) is 0 Å². The summed E-state index contributed by atoms with van der Waals surface area (Å²) >= 11 is 0. The van der Waals surface area contributed by atoms with Gasteiger partial charge in [-0.1, -0.05) is 79.7 Å². The normalized spacial score (nSPS) is 26.8. The Morgan fingerprint density at radius 1 is 0.909 bits per heavy atom. The van der Waals surface area contributed by atoms with E-state index >= 15 is 0 Å². The van der Waals surface area contributed by atoms with E-state index in [2.05, 4.69) is 109 Å². The van der Waals surface area contributed by atoms with Crippen LogP contribution in [0.3, 0.4) is 0 Å². The second-order valence-electron chi connectivity index (χ2n) is 11.1. The van der Waals surface area contributed by atoms with E-state index in [-0.39, 0.29) is 6.10 Å². The molecule has 5 heteroatoms. The second-order valence-corrected chi connectivity index (χ2v) is 14.4. The first-order valence-corrected chi connectivity index (χ1v) is 14.4. The Labute approximate surface area is 201 Å². The standard InChI is InChI=1S/C28H39BO3Si/c1-21(2)25-19-18-22(3)20-26(25)30-33(23-14-10-8-11-15-23,24-16-12-9-13-17-24)29-31-27(4,5)28(6,7)32-29/h8-17,22,25-26H,1,18-20H2,2-7H3/t22-,25+,26-/m1/s1. The van der Waals surface area contributed by atoms with E-state index in [0.717, 1.165) is 12.8 Å². The molecule has 2 aromatic rings. The minimum absolute atomic E-state index is 0.0948. The average Bonchev–Trinajstić information content (AvgIpc) is 3.00. The first-order valence-electron chi connectivity index (χ1n) is 12.4. The first-order chi connectivity index (χ1) is 15.6. The molecule has 0 amide bonds. The third-order valence-corrected chi connectivity index (χ3v) is 12.0. The van der Waals surface area contributed by atoms with Crippen molar-refractivity contribution >= 4 is 25.3 Å². The van der Waals surface area contributed by atoms with E-state index < -0.39 is 26.1 Å². The van der Waals surface area contributed by atoms with Gasteiger partial charge in [-0.25, -0.2) is 0 Å². The summed E-state index contributed by atoms with van der Waals surface area (Å²) < 4.78 is 21.1. The van der Waals surface area contributed by atoms with Crippen molar-refractivity contribution < 1.29 is 13.7 Å². The number of rotatable bonds is 6. The van der Waals surface area contributed by atoms with Crippen LogP contribution in [0, 0.1) is 11.8 Å². The molecule has 0 aromatic heterocycles. The molecule has 0 N–H and O–H groups in total. The van der Waals surface area contributed by atoms with E-state index in [4.69, 9.17) is 13.7 Å². The molecule has 1 saturated heterocycles. The molecular formula is C28H39BO3Si. The quantitative estimate of drug-likeness (QED) is 0.430. The van der Waals surface area contributed by atoms with Gasteiger partial charge < -0.3 is 13.7 Å². The molecule has 4 rings (SSSR count). The van der Waals surface area contributed by atoms with Crippen LogP contribution in [0.2, 0.25) is 0 Å². The molecule has 0 bridgehead atoms. The lowest BCUT2D eigenvalue weighted by atomic mass is 9.78. The van der Waals surface area contributed by atoms with Gasteiger partial charge in [-0.05, 0) is 70.2 Å². The van der Waals surface area contributed by atoms with Crippen molar-refractivity contribution in [1.82, 2.24) is 0 Å². The molecule has 3 nitrogen and oxygen atoms in total. The van der Waals surface area contributed by atoms with Crippen molar-refractivity contribution in [3.8, 4) is 0 Å². The molecule has 0 unspecified atom stereocenters. The summed E-state index contributed by atoms with van der Waals surface area (Å²) in [5.74, 6) is 0.977. The molecule has 2 fully saturated rings. The first kappa shape index (κ1) is 24.5. The summed E-state index contributed by atoms with van der Waals surface area (Å²) in [6, 6.07) is 21.4. The van der Waals surface area contributed by atoms with Crippen LogP contribution in [-0.4, -0.2) is 32.2 Å². The molecule has 2 aliphatic rings. The summed E-state index contributed by atoms with van der Waals surface area (Å²) in [5.41, 5.74) is 0.345. The second kappa shape index (κ2) is 9.18. The van der Waals surface area contributed by atoms with Crippen LogP contribution in [0.4, 0.5) is 0 Å².